The van der Waals surface area contributed by atoms with Crippen LogP contribution in [0.2, 0.25) is 0 Å². The second-order valence-corrected chi connectivity index (χ2v) is 10.2. The molecule has 0 radical (unpaired) electrons. The number of phenols is 1. The third kappa shape index (κ3) is 13.9. The molecule has 230 valence electrons. The Hall–Kier alpha value is -3.49. The standard InChI is InChI=1S/C20H26BrFN4O.C7H7F.C3H6.2C2H4/c1-15-18(21)13-23-26(15)20(8-7-17-5-3-4-6-19(17)27)25(22)14-16-9-11-24(2)12-10-16;1-6-3-2-4-7(8)5-6;1-3-2;2*1-2/h3-6,8,13,16,27H,7,9-12,14H2,1-2H3;2-5H,1H3;3H,1H2,2H3;2*1-2H2/b20-8-;;;;. The van der Waals surface area contributed by atoms with Crippen molar-refractivity contribution in [2.75, 3.05) is 26.7 Å². The smallest absolute Gasteiger partial charge is 0.155 e. The number of rotatable bonds is 6. The van der Waals surface area contributed by atoms with E-state index in [1.54, 1.807) is 41.2 Å². The van der Waals surface area contributed by atoms with Crippen molar-refractivity contribution in [1.29, 1.82) is 0 Å². The van der Waals surface area contributed by atoms with Gasteiger partial charge in [0.1, 0.15) is 11.6 Å². The van der Waals surface area contributed by atoms with E-state index in [0.717, 1.165) is 52.3 Å². The van der Waals surface area contributed by atoms with Crippen molar-refractivity contribution in [3.05, 3.63) is 127 Å². The molecule has 2 aromatic carbocycles. The number of hydrogen-bond donors (Lipinski definition) is 1. The Morgan fingerprint density at radius 2 is 1.69 bits per heavy atom. The van der Waals surface area contributed by atoms with E-state index in [-0.39, 0.29) is 11.6 Å². The lowest BCUT2D eigenvalue weighted by atomic mass is 9.97. The van der Waals surface area contributed by atoms with Crippen molar-refractivity contribution in [3.63, 3.8) is 0 Å². The Balaban J connectivity index is 0.000000931. The highest BCUT2D eigenvalue weighted by Crippen LogP contribution is 2.26. The zero-order chi connectivity index (χ0) is 32.1. The summed E-state index contributed by atoms with van der Waals surface area (Å²) in [5.41, 5.74) is 2.56. The van der Waals surface area contributed by atoms with E-state index < -0.39 is 0 Å². The highest BCUT2D eigenvalue weighted by atomic mass is 79.9. The van der Waals surface area contributed by atoms with Crippen LogP contribution in [-0.2, 0) is 6.42 Å². The third-order valence-electron chi connectivity index (χ3n) is 6.15. The molecule has 1 N–H and O–H groups in total. The fourth-order valence-corrected chi connectivity index (χ4v) is 4.22. The molecule has 8 heteroatoms. The quantitative estimate of drug-likeness (QED) is 0.215. The van der Waals surface area contributed by atoms with E-state index >= 15 is 4.48 Å². The van der Waals surface area contributed by atoms with Gasteiger partial charge in [0.2, 0.25) is 0 Å². The summed E-state index contributed by atoms with van der Waals surface area (Å²) in [5.74, 6) is 0.761. The maximum absolute atomic E-state index is 15.2. The highest BCUT2D eigenvalue weighted by molar-refractivity contribution is 9.10. The number of aromatic hydroxyl groups is 1. The summed E-state index contributed by atoms with van der Waals surface area (Å²) in [4.78, 5) is 2.28. The van der Waals surface area contributed by atoms with Crippen LogP contribution >= 0.6 is 15.9 Å². The molecular weight excluding hydrogens is 598 g/mol. The number of para-hydroxylation sites is 1. The summed E-state index contributed by atoms with van der Waals surface area (Å²) in [5, 5.41) is 15.1. The van der Waals surface area contributed by atoms with Crippen LogP contribution in [0.5, 0.6) is 5.75 Å². The number of aryl methyl sites for hydroxylation is 1. The molecule has 1 aromatic heterocycles. The summed E-state index contributed by atoms with van der Waals surface area (Å²) in [6.07, 6.45) is 7.62. The molecular formula is C34H47BrF2N4O. The molecule has 0 atom stereocenters. The molecule has 1 aliphatic heterocycles. The Morgan fingerprint density at radius 3 is 2.17 bits per heavy atom. The maximum Gasteiger partial charge on any atom is 0.155 e. The first-order valence-corrected chi connectivity index (χ1v) is 14.5. The fourth-order valence-electron chi connectivity index (χ4n) is 3.96. The monoisotopic (exact) mass is 644 g/mol. The minimum absolute atomic E-state index is 0.162. The van der Waals surface area contributed by atoms with E-state index in [1.807, 2.05) is 39.0 Å². The van der Waals surface area contributed by atoms with Gasteiger partial charge in [0, 0.05) is 0 Å². The Morgan fingerprint density at radius 1 is 1.10 bits per heavy atom. The molecule has 0 unspecified atom stereocenters. The molecule has 5 nitrogen and oxygen atoms in total. The molecule has 3 aromatic rings. The van der Waals surface area contributed by atoms with Gasteiger partial charge >= 0.3 is 0 Å². The zero-order valence-corrected chi connectivity index (χ0v) is 27.2. The van der Waals surface area contributed by atoms with Gasteiger partial charge in [-0.3, -0.25) is 0 Å². The predicted molar refractivity (Wildman–Crippen MR) is 178 cm³/mol. The van der Waals surface area contributed by atoms with Gasteiger partial charge < -0.3 is 10.0 Å². The summed E-state index contributed by atoms with van der Waals surface area (Å²) in [6, 6.07) is 13.6. The minimum Gasteiger partial charge on any atom is -0.508 e. The van der Waals surface area contributed by atoms with Gasteiger partial charge in [-0.25, -0.2) is 9.07 Å². The van der Waals surface area contributed by atoms with Gasteiger partial charge in [-0.2, -0.15) is 10.2 Å². The van der Waals surface area contributed by atoms with Crippen LogP contribution in [0.1, 0.15) is 36.6 Å². The van der Waals surface area contributed by atoms with Gasteiger partial charge in [0.25, 0.3) is 0 Å². The highest BCUT2D eigenvalue weighted by Gasteiger charge is 2.23. The van der Waals surface area contributed by atoms with Crippen molar-refractivity contribution in [2.45, 2.75) is 40.0 Å². The van der Waals surface area contributed by atoms with Crippen molar-refractivity contribution in [2.24, 2.45) is 5.92 Å². The lowest BCUT2D eigenvalue weighted by Crippen LogP contribution is -2.35. The molecule has 0 aliphatic carbocycles. The van der Waals surface area contributed by atoms with Gasteiger partial charge in [0.05, 0.1) is 22.9 Å². The topological polar surface area (TPSA) is 44.5 Å². The lowest BCUT2D eigenvalue weighted by molar-refractivity contribution is 0.0573. The summed E-state index contributed by atoms with van der Waals surface area (Å²) in [6.45, 7) is 23.4. The first kappa shape index (κ1) is 38.5. The number of phenolic OH excluding ortho intramolecular Hbond substituents is 1. The zero-order valence-electron chi connectivity index (χ0n) is 25.6. The van der Waals surface area contributed by atoms with Crippen LogP contribution in [0.15, 0.2) is 104 Å². The number of piperidine rings is 1. The fraction of sp³-hybridized carbons (Fsp3) is 0.324. The van der Waals surface area contributed by atoms with E-state index in [9.17, 15) is 9.50 Å². The van der Waals surface area contributed by atoms with Crippen molar-refractivity contribution >= 4 is 21.8 Å². The summed E-state index contributed by atoms with van der Waals surface area (Å²) < 4.78 is 29.9. The van der Waals surface area contributed by atoms with E-state index in [2.05, 4.69) is 65.9 Å². The number of nitrogens with zero attached hydrogens (tertiary/aromatic N) is 4. The average molecular weight is 646 g/mol. The number of aromatic nitrogens is 2. The lowest BCUT2D eigenvalue weighted by Gasteiger charge is -2.31. The first-order valence-electron chi connectivity index (χ1n) is 13.7. The van der Waals surface area contributed by atoms with Crippen LogP contribution < -0.4 is 0 Å². The van der Waals surface area contributed by atoms with Gasteiger partial charge in [-0.15, -0.1) is 32.9 Å². The number of halogens is 3. The molecule has 0 spiro atoms. The van der Waals surface area contributed by atoms with Gasteiger partial charge in [0.15, 0.2) is 5.82 Å². The largest absolute Gasteiger partial charge is 0.508 e. The molecule has 1 saturated heterocycles. The average Bonchev–Trinajstić information content (AvgIpc) is 3.31. The first-order chi connectivity index (χ1) is 20.2. The van der Waals surface area contributed by atoms with Gasteiger partial charge in [-0.05, 0) is 117 Å². The van der Waals surface area contributed by atoms with Crippen molar-refractivity contribution in [3.8, 4) is 5.75 Å². The van der Waals surface area contributed by atoms with Crippen molar-refractivity contribution < 1.29 is 14.0 Å². The van der Waals surface area contributed by atoms with Crippen LogP contribution in [0, 0.1) is 25.6 Å². The second kappa shape index (κ2) is 22.2. The predicted octanol–water partition coefficient (Wildman–Crippen LogP) is 9.16. The SMILES string of the molecule is C=C.C=C.C=CC.Cc1c(Br)cnn1/C(=C\Cc1ccccc1O)N(F)CC1CCN(C)CC1.Cc1cccc(F)c1. The Labute approximate surface area is 260 Å². The second-order valence-electron chi connectivity index (χ2n) is 9.38. The van der Waals surface area contributed by atoms with E-state index in [4.69, 9.17) is 0 Å². The molecule has 0 saturated carbocycles. The van der Waals surface area contributed by atoms with Crippen LogP contribution in [0.4, 0.5) is 8.87 Å². The molecule has 1 aliphatic rings. The van der Waals surface area contributed by atoms with Crippen molar-refractivity contribution in [1.82, 2.24) is 19.8 Å². The van der Waals surface area contributed by atoms with Crippen LogP contribution in [0.3, 0.4) is 0 Å². The minimum atomic E-state index is -0.162. The van der Waals surface area contributed by atoms with Crippen LogP contribution in [0.25, 0.3) is 5.82 Å². The molecule has 42 heavy (non-hydrogen) atoms. The summed E-state index contributed by atoms with van der Waals surface area (Å²) >= 11 is 3.45. The number of hydrogen-bond acceptors (Lipinski definition) is 4. The molecule has 0 bridgehead atoms. The Bertz CT molecular complexity index is 1190. The summed E-state index contributed by atoms with van der Waals surface area (Å²) in [7, 11) is 2.10. The van der Waals surface area contributed by atoms with Crippen LogP contribution in [-0.4, -0.2) is 51.6 Å². The van der Waals surface area contributed by atoms with E-state index in [0.29, 0.717) is 24.7 Å². The molecule has 1 fully saturated rings. The molecule has 0 amide bonds. The van der Waals surface area contributed by atoms with Gasteiger partial charge in [-0.1, -0.05) is 40.9 Å². The molecule has 4 rings (SSSR count). The number of likely N-dealkylation sites (tertiary alicyclic amines) is 1. The number of allylic oxidation sites excluding steroid dienone is 2. The molecule has 2 heterocycles. The normalized spacial score (nSPS) is 13.0. The van der Waals surface area contributed by atoms with E-state index in [1.165, 1.54) is 12.1 Å². The maximum atomic E-state index is 15.2. The Kier molecular flexibility index (Phi) is 20.3. The third-order valence-corrected chi connectivity index (χ3v) is 6.93. The number of benzene rings is 2.